The zero-order valence-electron chi connectivity index (χ0n) is 17.9. The number of nitrogens with one attached hydrogen (secondary N) is 1. The molecule has 0 unspecified atom stereocenters. The fourth-order valence-corrected chi connectivity index (χ4v) is 4.52. The molecule has 4 rings (SSSR count). The van der Waals surface area contributed by atoms with Gasteiger partial charge in [0.2, 0.25) is 21.9 Å². The van der Waals surface area contributed by atoms with E-state index in [1.165, 1.54) is 38.1 Å². The first-order valence-corrected chi connectivity index (χ1v) is 11.8. The second-order valence-corrected chi connectivity index (χ2v) is 9.84. The molecule has 0 amide bonds. The molecular weight excluding hydrogens is 477 g/mol. The molecule has 14 heteroatoms. The van der Waals surface area contributed by atoms with Crippen LogP contribution in [0.4, 0.5) is 10.3 Å². The standard InChI is InChI=1S/C19H21ClFN7O4S/c1-10(16(32-3)17-22-8-11(20)9-23-17)33(29,30)27-19-26-25-18(28(19)14-7-12(14)21)13-5-4-6-15(24-13)31-2/h4-6,8-10,12,14,16H,7H2,1-3H3,(H,26,27)/t10-,12-,14+,16-/m0/s1. The highest BCUT2D eigenvalue weighted by Gasteiger charge is 2.44. The Labute approximate surface area is 194 Å². The van der Waals surface area contributed by atoms with Crippen molar-refractivity contribution < 1.29 is 22.3 Å². The number of sulfonamides is 1. The van der Waals surface area contributed by atoms with Gasteiger partial charge >= 0.3 is 0 Å². The van der Waals surface area contributed by atoms with Crippen LogP contribution >= 0.6 is 11.6 Å². The molecule has 33 heavy (non-hydrogen) atoms. The van der Waals surface area contributed by atoms with E-state index in [1.807, 2.05) is 0 Å². The Morgan fingerprint density at radius 3 is 2.55 bits per heavy atom. The zero-order chi connectivity index (χ0) is 23.8. The van der Waals surface area contributed by atoms with Crippen molar-refractivity contribution in [3.8, 4) is 17.4 Å². The highest BCUT2D eigenvalue weighted by molar-refractivity contribution is 7.93. The minimum Gasteiger partial charge on any atom is -0.481 e. The van der Waals surface area contributed by atoms with E-state index in [-0.39, 0.29) is 24.0 Å². The molecule has 0 bridgehead atoms. The summed E-state index contributed by atoms with van der Waals surface area (Å²) in [5, 5.41) is 7.20. The third kappa shape index (κ3) is 4.75. The summed E-state index contributed by atoms with van der Waals surface area (Å²) in [7, 11) is -1.28. The molecule has 1 saturated carbocycles. The third-order valence-corrected chi connectivity index (χ3v) is 7.06. The van der Waals surface area contributed by atoms with Crippen LogP contribution in [0.15, 0.2) is 30.6 Å². The van der Waals surface area contributed by atoms with Crippen LogP contribution in [-0.2, 0) is 14.8 Å². The van der Waals surface area contributed by atoms with Crippen molar-refractivity contribution in [3.63, 3.8) is 0 Å². The predicted molar refractivity (Wildman–Crippen MR) is 117 cm³/mol. The van der Waals surface area contributed by atoms with E-state index < -0.39 is 33.6 Å². The second kappa shape index (κ2) is 9.15. The largest absolute Gasteiger partial charge is 0.481 e. The maximum atomic E-state index is 14.0. The highest BCUT2D eigenvalue weighted by atomic mass is 35.5. The van der Waals surface area contributed by atoms with E-state index in [9.17, 15) is 12.8 Å². The van der Waals surface area contributed by atoms with Crippen molar-refractivity contribution in [2.45, 2.75) is 36.9 Å². The van der Waals surface area contributed by atoms with E-state index in [2.05, 4.69) is 29.9 Å². The maximum Gasteiger partial charge on any atom is 0.240 e. The Morgan fingerprint density at radius 2 is 1.94 bits per heavy atom. The van der Waals surface area contributed by atoms with Gasteiger partial charge in [-0.2, -0.15) is 0 Å². The van der Waals surface area contributed by atoms with Gasteiger partial charge in [0, 0.05) is 32.0 Å². The second-order valence-electron chi connectivity index (χ2n) is 7.37. The fraction of sp³-hybridized carbons (Fsp3) is 0.421. The summed E-state index contributed by atoms with van der Waals surface area (Å²) in [4.78, 5) is 12.4. The van der Waals surface area contributed by atoms with Gasteiger partial charge in [-0.05, 0) is 13.0 Å². The lowest BCUT2D eigenvalue weighted by atomic mass is 10.2. The normalized spacial score (nSPS) is 19.7. The van der Waals surface area contributed by atoms with Gasteiger partial charge < -0.3 is 9.47 Å². The van der Waals surface area contributed by atoms with E-state index in [4.69, 9.17) is 21.1 Å². The van der Waals surface area contributed by atoms with Gasteiger partial charge in [-0.25, -0.2) is 27.8 Å². The van der Waals surface area contributed by atoms with Crippen LogP contribution in [0.2, 0.25) is 5.02 Å². The summed E-state index contributed by atoms with van der Waals surface area (Å²) in [6.45, 7) is 1.44. The van der Waals surface area contributed by atoms with Crippen LogP contribution in [0, 0.1) is 0 Å². The van der Waals surface area contributed by atoms with Gasteiger partial charge in [0.1, 0.15) is 23.2 Å². The fourth-order valence-electron chi connectivity index (χ4n) is 3.28. The van der Waals surface area contributed by atoms with Crippen LogP contribution in [-0.4, -0.2) is 63.8 Å². The molecule has 0 aliphatic heterocycles. The monoisotopic (exact) mass is 497 g/mol. The van der Waals surface area contributed by atoms with Gasteiger partial charge in [-0.3, -0.25) is 9.29 Å². The van der Waals surface area contributed by atoms with Crippen molar-refractivity contribution in [2.24, 2.45) is 0 Å². The molecule has 3 aromatic heterocycles. The van der Waals surface area contributed by atoms with Crippen LogP contribution in [0.1, 0.15) is 31.3 Å². The number of aromatic nitrogens is 6. The van der Waals surface area contributed by atoms with Gasteiger partial charge in [0.25, 0.3) is 0 Å². The lowest BCUT2D eigenvalue weighted by molar-refractivity contribution is 0.0950. The van der Waals surface area contributed by atoms with Crippen LogP contribution in [0.25, 0.3) is 11.5 Å². The summed E-state index contributed by atoms with van der Waals surface area (Å²) in [6.07, 6.45) is 0.756. The molecule has 3 aromatic rings. The molecule has 4 atom stereocenters. The Kier molecular flexibility index (Phi) is 6.45. The van der Waals surface area contributed by atoms with Gasteiger partial charge in [0.05, 0.1) is 18.2 Å². The van der Waals surface area contributed by atoms with Gasteiger partial charge in [0.15, 0.2) is 11.6 Å². The molecule has 3 heterocycles. The van der Waals surface area contributed by atoms with Crippen LogP contribution in [0.3, 0.4) is 0 Å². The SMILES string of the molecule is COc1cccc(-c2nnc(NS(=O)(=O)[C@@H](C)[C@H](OC)c3ncc(Cl)cn3)n2[C@@H]2C[C@@H]2F)n1. The number of anilines is 1. The van der Waals surface area contributed by atoms with Crippen LogP contribution in [0.5, 0.6) is 5.88 Å². The molecule has 1 N–H and O–H groups in total. The molecule has 0 radical (unpaired) electrons. The average Bonchev–Trinajstić information content (AvgIpc) is 3.38. The van der Waals surface area contributed by atoms with Crippen molar-refractivity contribution in [1.29, 1.82) is 0 Å². The number of nitrogens with zero attached hydrogens (tertiary/aromatic N) is 6. The number of hydrogen-bond acceptors (Lipinski definition) is 9. The number of hydrogen-bond donors (Lipinski definition) is 1. The Balaban J connectivity index is 1.66. The first-order valence-electron chi connectivity index (χ1n) is 9.87. The highest BCUT2D eigenvalue weighted by Crippen LogP contribution is 2.43. The van der Waals surface area contributed by atoms with Crippen molar-refractivity contribution in [2.75, 3.05) is 18.9 Å². The number of methoxy groups -OCH3 is 2. The summed E-state index contributed by atoms with van der Waals surface area (Å²) in [5.74, 6) is 0.567. The topological polar surface area (TPSA) is 134 Å². The van der Waals surface area contributed by atoms with Crippen molar-refractivity contribution in [1.82, 2.24) is 29.7 Å². The summed E-state index contributed by atoms with van der Waals surface area (Å²) >= 11 is 5.81. The van der Waals surface area contributed by atoms with Crippen LogP contribution < -0.4 is 9.46 Å². The lowest BCUT2D eigenvalue weighted by Gasteiger charge is -2.22. The Hall–Kier alpha value is -2.90. The molecule has 176 valence electrons. The Bertz CT molecular complexity index is 1240. The number of alkyl halides is 1. The number of ether oxygens (including phenoxy) is 2. The molecular formula is C19H21ClFN7O4S. The first-order chi connectivity index (χ1) is 15.7. The van der Waals surface area contributed by atoms with Gasteiger partial charge in [-0.15, -0.1) is 10.2 Å². The Morgan fingerprint density at radius 1 is 1.24 bits per heavy atom. The predicted octanol–water partition coefficient (Wildman–Crippen LogP) is 2.59. The van der Waals surface area contributed by atoms with E-state index in [0.29, 0.717) is 16.6 Å². The smallest absolute Gasteiger partial charge is 0.240 e. The minimum atomic E-state index is -4.09. The third-order valence-electron chi connectivity index (χ3n) is 5.17. The minimum absolute atomic E-state index is 0.126. The van der Waals surface area contributed by atoms with E-state index in [1.54, 1.807) is 18.2 Å². The molecule has 1 fully saturated rings. The summed E-state index contributed by atoms with van der Waals surface area (Å²) < 4.78 is 54.7. The molecule has 0 saturated heterocycles. The van der Waals surface area contributed by atoms with Crippen molar-refractivity contribution in [3.05, 3.63) is 41.4 Å². The quantitative estimate of drug-likeness (QED) is 0.473. The molecule has 0 aromatic carbocycles. The first kappa shape index (κ1) is 23.3. The number of rotatable bonds is 9. The molecule has 1 aliphatic carbocycles. The number of pyridine rings is 1. The van der Waals surface area contributed by atoms with Crippen molar-refractivity contribution >= 4 is 27.6 Å². The zero-order valence-corrected chi connectivity index (χ0v) is 19.5. The van der Waals surface area contributed by atoms with E-state index >= 15 is 0 Å². The summed E-state index contributed by atoms with van der Waals surface area (Å²) in [5.41, 5.74) is 0.365. The molecule has 11 nitrogen and oxygen atoms in total. The lowest BCUT2D eigenvalue weighted by Crippen LogP contribution is -2.33. The summed E-state index contributed by atoms with van der Waals surface area (Å²) in [6, 6.07) is 4.38. The molecule has 1 aliphatic rings. The van der Waals surface area contributed by atoms with E-state index in [0.717, 1.165) is 0 Å². The number of halogens is 2. The molecule has 0 spiro atoms. The van der Waals surface area contributed by atoms with Gasteiger partial charge in [-0.1, -0.05) is 17.7 Å². The average molecular weight is 498 g/mol. The maximum absolute atomic E-state index is 14.0.